The highest BCUT2D eigenvalue weighted by molar-refractivity contribution is 5.66. The highest BCUT2D eigenvalue weighted by Gasteiger charge is 2.19. The smallest absolute Gasteiger partial charge is 0.304 e. The summed E-state index contributed by atoms with van der Waals surface area (Å²) in [5.41, 5.74) is 0.945. The highest BCUT2D eigenvalue weighted by Crippen LogP contribution is 2.16. The molecule has 3 nitrogen and oxygen atoms in total. The summed E-state index contributed by atoms with van der Waals surface area (Å²) in [6.45, 7) is 4.70. The van der Waals surface area contributed by atoms with Gasteiger partial charge in [-0.1, -0.05) is 26.0 Å². The van der Waals surface area contributed by atoms with Gasteiger partial charge in [-0.05, 0) is 37.1 Å². The van der Waals surface area contributed by atoms with E-state index in [0.717, 1.165) is 12.0 Å². The number of hydrogen-bond acceptors (Lipinski definition) is 2. The van der Waals surface area contributed by atoms with Gasteiger partial charge in [-0.3, -0.25) is 4.79 Å². The number of hydrogen-bond donors (Lipinski definition) is 1. The van der Waals surface area contributed by atoms with Gasteiger partial charge in [0.25, 0.3) is 0 Å². The van der Waals surface area contributed by atoms with Crippen LogP contribution in [0.25, 0.3) is 0 Å². The van der Waals surface area contributed by atoms with Gasteiger partial charge in [-0.25, -0.2) is 4.39 Å². The Labute approximate surface area is 114 Å². The van der Waals surface area contributed by atoms with Gasteiger partial charge in [0.1, 0.15) is 5.82 Å². The van der Waals surface area contributed by atoms with E-state index < -0.39 is 5.97 Å². The number of aliphatic carboxylic acids is 1. The maximum atomic E-state index is 13.2. The molecule has 1 rings (SSSR count). The van der Waals surface area contributed by atoms with E-state index in [1.807, 2.05) is 18.0 Å². The number of likely N-dealkylation sites (N-methyl/N-ethyl adjacent to an activating group) is 1. The maximum absolute atomic E-state index is 13.2. The Morgan fingerprint density at radius 1 is 1.42 bits per heavy atom. The molecule has 0 aromatic heterocycles. The lowest BCUT2D eigenvalue weighted by Crippen LogP contribution is -2.39. The molecule has 0 saturated heterocycles. The normalized spacial score (nSPS) is 12.9. The molecule has 0 aliphatic carbocycles. The molecule has 19 heavy (non-hydrogen) atoms. The first kappa shape index (κ1) is 15.6. The number of carboxylic acids is 1. The van der Waals surface area contributed by atoms with Gasteiger partial charge < -0.3 is 10.0 Å². The predicted octanol–water partition coefficient (Wildman–Crippen LogP) is 2.80. The van der Waals surface area contributed by atoms with Crippen LogP contribution in [0, 0.1) is 11.7 Å². The van der Waals surface area contributed by atoms with Crippen molar-refractivity contribution in [2.45, 2.75) is 32.7 Å². The number of nitrogens with zero attached hydrogens (tertiary/aromatic N) is 1. The molecule has 0 radical (unpaired) electrons. The van der Waals surface area contributed by atoms with Crippen molar-refractivity contribution in [3.63, 3.8) is 0 Å². The van der Waals surface area contributed by atoms with Gasteiger partial charge in [0, 0.05) is 12.6 Å². The van der Waals surface area contributed by atoms with Crippen LogP contribution >= 0.6 is 0 Å². The minimum absolute atomic E-state index is 0.128. The van der Waals surface area contributed by atoms with Crippen LogP contribution in [0.1, 0.15) is 25.8 Å². The molecule has 106 valence electrons. The van der Waals surface area contributed by atoms with Gasteiger partial charge in [-0.15, -0.1) is 0 Å². The molecule has 0 fully saturated rings. The molecule has 1 atom stereocenters. The van der Waals surface area contributed by atoms with Crippen molar-refractivity contribution < 1.29 is 14.3 Å². The van der Waals surface area contributed by atoms with Crippen molar-refractivity contribution >= 4 is 5.97 Å². The molecule has 0 aliphatic rings. The molecule has 0 heterocycles. The Hall–Kier alpha value is -1.42. The average molecular weight is 267 g/mol. The molecule has 1 aromatic carbocycles. The molecular formula is C15H22FNO2. The van der Waals surface area contributed by atoms with Crippen LogP contribution < -0.4 is 0 Å². The number of benzene rings is 1. The van der Waals surface area contributed by atoms with E-state index in [2.05, 4.69) is 13.8 Å². The summed E-state index contributed by atoms with van der Waals surface area (Å²) < 4.78 is 13.2. The summed E-state index contributed by atoms with van der Waals surface area (Å²) in [7, 11) is 1.92. The van der Waals surface area contributed by atoms with Crippen LogP contribution in [0.2, 0.25) is 0 Å². The monoisotopic (exact) mass is 267 g/mol. The van der Waals surface area contributed by atoms with E-state index in [9.17, 15) is 9.18 Å². The van der Waals surface area contributed by atoms with Crippen LogP contribution in [-0.2, 0) is 11.2 Å². The van der Waals surface area contributed by atoms with Gasteiger partial charge in [-0.2, -0.15) is 0 Å². The summed E-state index contributed by atoms with van der Waals surface area (Å²) in [4.78, 5) is 12.7. The van der Waals surface area contributed by atoms with E-state index in [-0.39, 0.29) is 18.3 Å². The van der Waals surface area contributed by atoms with Gasteiger partial charge in [0.15, 0.2) is 0 Å². The number of carbonyl (C=O) groups is 1. The zero-order valence-electron chi connectivity index (χ0n) is 11.8. The predicted molar refractivity (Wildman–Crippen MR) is 73.6 cm³/mol. The summed E-state index contributed by atoms with van der Waals surface area (Å²) in [6, 6.07) is 6.80. The topological polar surface area (TPSA) is 40.5 Å². The third-order valence-electron chi connectivity index (χ3n) is 3.35. The molecule has 4 heteroatoms. The fraction of sp³-hybridized carbons (Fsp3) is 0.533. The molecule has 0 spiro atoms. The summed E-state index contributed by atoms with van der Waals surface area (Å²) in [6.07, 6.45) is 0.856. The Bertz CT molecular complexity index is 420. The minimum Gasteiger partial charge on any atom is -0.481 e. The first-order valence-electron chi connectivity index (χ1n) is 6.56. The van der Waals surface area contributed by atoms with E-state index >= 15 is 0 Å². The van der Waals surface area contributed by atoms with Crippen molar-refractivity contribution in [1.82, 2.24) is 4.90 Å². The Morgan fingerprint density at radius 3 is 2.63 bits per heavy atom. The van der Waals surface area contributed by atoms with Crippen LogP contribution in [0.15, 0.2) is 24.3 Å². The molecule has 0 amide bonds. The second-order valence-corrected chi connectivity index (χ2v) is 5.27. The minimum atomic E-state index is -0.792. The fourth-order valence-electron chi connectivity index (χ4n) is 2.24. The second kappa shape index (κ2) is 7.24. The number of carboxylic acid groups (broad SMARTS) is 1. The molecule has 1 N–H and O–H groups in total. The number of rotatable bonds is 7. The van der Waals surface area contributed by atoms with E-state index in [1.54, 1.807) is 12.1 Å². The Kier molecular flexibility index (Phi) is 5.96. The van der Waals surface area contributed by atoms with Crippen molar-refractivity contribution in [2.75, 3.05) is 13.6 Å². The van der Waals surface area contributed by atoms with Crippen LogP contribution in [0.3, 0.4) is 0 Å². The van der Waals surface area contributed by atoms with Crippen LogP contribution in [0.4, 0.5) is 4.39 Å². The van der Waals surface area contributed by atoms with Crippen molar-refractivity contribution in [1.29, 1.82) is 0 Å². The largest absolute Gasteiger partial charge is 0.481 e. The molecular weight excluding hydrogens is 245 g/mol. The first-order chi connectivity index (χ1) is 8.90. The standard InChI is InChI=1S/C15H22FNO2/c1-11(2)14(17(3)8-7-15(18)19)10-12-5-4-6-13(16)9-12/h4-6,9,11,14H,7-8,10H2,1-3H3,(H,18,19). The zero-order chi connectivity index (χ0) is 14.4. The molecule has 0 aliphatic heterocycles. The van der Waals surface area contributed by atoms with E-state index in [4.69, 9.17) is 5.11 Å². The molecule has 1 aromatic rings. The van der Waals surface area contributed by atoms with E-state index in [1.165, 1.54) is 6.07 Å². The molecule has 0 saturated carbocycles. The Morgan fingerprint density at radius 2 is 2.11 bits per heavy atom. The summed E-state index contributed by atoms with van der Waals surface area (Å²) >= 11 is 0. The van der Waals surface area contributed by atoms with Gasteiger partial charge in [0.05, 0.1) is 6.42 Å². The van der Waals surface area contributed by atoms with Crippen molar-refractivity contribution in [2.24, 2.45) is 5.92 Å². The zero-order valence-corrected chi connectivity index (χ0v) is 11.8. The highest BCUT2D eigenvalue weighted by atomic mass is 19.1. The van der Waals surface area contributed by atoms with Gasteiger partial charge in [0.2, 0.25) is 0 Å². The lowest BCUT2D eigenvalue weighted by atomic mass is 9.95. The lowest BCUT2D eigenvalue weighted by Gasteiger charge is -2.31. The maximum Gasteiger partial charge on any atom is 0.304 e. The van der Waals surface area contributed by atoms with E-state index in [0.29, 0.717) is 12.5 Å². The third-order valence-corrected chi connectivity index (χ3v) is 3.35. The summed E-state index contributed by atoms with van der Waals surface area (Å²) in [5.74, 6) is -0.643. The summed E-state index contributed by atoms with van der Waals surface area (Å²) in [5, 5.41) is 8.73. The van der Waals surface area contributed by atoms with Crippen LogP contribution in [-0.4, -0.2) is 35.6 Å². The third kappa shape index (κ3) is 5.39. The molecule has 0 bridgehead atoms. The van der Waals surface area contributed by atoms with Crippen molar-refractivity contribution in [3.8, 4) is 0 Å². The first-order valence-corrected chi connectivity index (χ1v) is 6.56. The lowest BCUT2D eigenvalue weighted by molar-refractivity contribution is -0.137. The van der Waals surface area contributed by atoms with Crippen LogP contribution in [0.5, 0.6) is 0 Å². The molecule has 1 unspecified atom stereocenters. The van der Waals surface area contributed by atoms with Gasteiger partial charge >= 0.3 is 5.97 Å². The SMILES string of the molecule is CC(C)C(Cc1cccc(F)c1)N(C)CCC(=O)O. The van der Waals surface area contributed by atoms with Crippen molar-refractivity contribution in [3.05, 3.63) is 35.6 Å². The Balaban J connectivity index is 2.69. The second-order valence-electron chi connectivity index (χ2n) is 5.27. The fourth-order valence-corrected chi connectivity index (χ4v) is 2.24. The number of halogens is 1. The quantitative estimate of drug-likeness (QED) is 0.826. The average Bonchev–Trinajstić information content (AvgIpc) is 2.32.